The zero-order valence-corrected chi connectivity index (χ0v) is 12.8. The van der Waals surface area contributed by atoms with Gasteiger partial charge in [-0.15, -0.1) is 11.3 Å². The molecule has 8 heteroatoms. The van der Waals surface area contributed by atoms with Crippen molar-refractivity contribution in [3.63, 3.8) is 0 Å². The quantitative estimate of drug-likeness (QED) is 0.768. The van der Waals surface area contributed by atoms with Crippen LogP contribution >= 0.6 is 34.3 Å². The van der Waals surface area contributed by atoms with Gasteiger partial charge in [0.05, 0.1) is 11.2 Å². The summed E-state index contributed by atoms with van der Waals surface area (Å²) in [5.41, 5.74) is 5.14. The van der Waals surface area contributed by atoms with Crippen molar-refractivity contribution in [2.24, 2.45) is 5.73 Å². The summed E-state index contributed by atoms with van der Waals surface area (Å²) < 4.78 is 0.935. The zero-order chi connectivity index (χ0) is 15.0. The number of hydrogen-bond donors (Lipinski definition) is 2. The molecule has 0 aliphatic rings. The number of nitrogens with two attached hydrogens (primary N) is 1. The average Bonchev–Trinajstić information content (AvgIpc) is 3.05. The van der Waals surface area contributed by atoms with Crippen LogP contribution in [-0.2, 0) is 0 Å². The molecule has 5 nitrogen and oxygen atoms in total. The fourth-order valence-electron chi connectivity index (χ4n) is 1.76. The van der Waals surface area contributed by atoms with E-state index in [0.29, 0.717) is 15.0 Å². The van der Waals surface area contributed by atoms with Gasteiger partial charge in [-0.25, -0.2) is 4.98 Å². The third kappa shape index (κ3) is 2.63. The van der Waals surface area contributed by atoms with E-state index in [4.69, 9.17) is 17.3 Å². The number of hydrogen-bond acceptors (Lipinski definition) is 5. The smallest absolute Gasteiger partial charge is 0.269 e. The first kappa shape index (κ1) is 14.0. The lowest BCUT2D eigenvalue weighted by Gasteiger charge is -1.98. The molecule has 0 saturated carbocycles. The Morgan fingerprint density at radius 1 is 1.24 bits per heavy atom. The molecule has 0 aliphatic carbocycles. The van der Waals surface area contributed by atoms with E-state index in [2.05, 4.69) is 10.3 Å². The van der Waals surface area contributed by atoms with Crippen LogP contribution in [0.1, 0.15) is 19.3 Å². The highest BCUT2D eigenvalue weighted by Crippen LogP contribution is 2.35. The highest BCUT2D eigenvalue weighted by atomic mass is 35.5. The molecule has 21 heavy (non-hydrogen) atoms. The van der Waals surface area contributed by atoms with E-state index in [1.54, 1.807) is 0 Å². The number of benzene rings is 1. The molecule has 1 aromatic carbocycles. The lowest BCUT2D eigenvalue weighted by molar-refractivity contribution is 0.100. The number of primary amides is 1. The normalized spacial score (nSPS) is 10.7. The Bertz CT molecular complexity index is 856. The van der Waals surface area contributed by atoms with Crippen molar-refractivity contribution in [1.29, 1.82) is 0 Å². The predicted octanol–water partition coefficient (Wildman–Crippen LogP) is 3.36. The first-order valence-electron chi connectivity index (χ1n) is 5.80. The summed E-state index contributed by atoms with van der Waals surface area (Å²) in [6, 6.07) is 7.51. The Labute approximate surface area is 132 Å². The molecule has 2 amide bonds. The van der Waals surface area contributed by atoms with E-state index in [1.807, 2.05) is 24.3 Å². The number of aromatic nitrogens is 1. The van der Waals surface area contributed by atoms with Gasteiger partial charge in [-0.3, -0.25) is 14.9 Å². The molecule has 0 atom stereocenters. The maximum atomic E-state index is 12.2. The van der Waals surface area contributed by atoms with Gasteiger partial charge in [-0.05, 0) is 6.07 Å². The van der Waals surface area contributed by atoms with Crippen molar-refractivity contribution in [3.05, 3.63) is 45.2 Å². The van der Waals surface area contributed by atoms with E-state index in [1.165, 1.54) is 17.5 Å². The number of nitrogens with one attached hydrogen (secondary N) is 1. The molecule has 0 radical (unpaired) electrons. The van der Waals surface area contributed by atoms with E-state index in [-0.39, 0.29) is 10.8 Å². The monoisotopic (exact) mass is 337 g/mol. The summed E-state index contributed by atoms with van der Waals surface area (Å²) in [4.78, 5) is 27.9. The van der Waals surface area contributed by atoms with Crippen molar-refractivity contribution in [3.8, 4) is 0 Å². The van der Waals surface area contributed by atoms with E-state index in [9.17, 15) is 9.59 Å². The zero-order valence-electron chi connectivity index (χ0n) is 10.4. The fourth-order valence-corrected chi connectivity index (χ4v) is 3.84. The molecule has 0 bridgehead atoms. The maximum Gasteiger partial charge on any atom is 0.269 e. The molecule has 2 heterocycles. The molecule has 3 N–H and O–H groups in total. The summed E-state index contributed by atoms with van der Waals surface area (Å²) in [5.74, 6) is -0.931. The van der Waals surface area contributed by atoms with Gasteiger partial charge in [0, 0.05) is 10.1 Å². The molecule has 106 valence electrons. The Kier molecular flexibility index (Phi) is 3.62. The number of nitrogens with zero attached hydrogens (tertiary/aromatic N) is 1. The third-order valence-corrected chi connectivity index (χ3v) is 5.31. The number of carbonyl (C=O) groups is 2. The lowest BCUT2D eigenvalue weighted by Crippen LogP contribution is -2.10. The van der Waals surface area contributed by atoms with Crippen molar-refractivity contribution in [2.75, 3.05) is 5.32 Å². The molecule has 3 aromatic rings. The highest BCUT2D eigenvalue weighted by molar-refractivity contribution is 7.22. The average molecular weight is 338 g/mol. The number of fused-ring (bicyclic) bond motifs is 1. The maximum absolute atomic E-state index is 12.2. The molecule has 2 aromatic heterocycles. The molecule has 0 aliphatic heterocycles. The molecular formula is C13H8ClN3O2S2. The molecule has 0 saturated heterocycles. The minimum Gasteiger partial charge on any atom is -0.365 e. The Morgan fingerprint density at radius 3 is 2.67 bits per heavy atom. The summed E-state index contributed by atoms with van der Waals surface area (Å²) in [6.07, 6.45) is 1.33. The summed E-state index contributed by atoms with van der Waals surface area (Å²) in [6.45, 7) is 0. The predicted molar refractivity (Wildman–Crippen MR) is 85.4 cm³/mol. The molecular weight excluding hydrogens is 330 g/mol. The molecule has 0 fully saturated rings. The molecule has 0 unspecified atom stereocenters. The lowest BCUT2D eigenvalue weighted by atomic mass is 10.2. The van der Waals surface area contributed by atoms with Gasteiger partial charge in [-0.2, -0.15) is 0 Å². The number of carbonyl (C=O) groups excluding carboxylic acids is 2. The van der Waals surface area contributed by atoms with Crippen LogP contribution < -0.4 is 11.1 Å². The number of thiazole rings is 1. The topological polar surface area (TPSA) is 85.1 Å². The van der Waals surface area contributed by atoms with Crippen LogP contribution in [0.25, 0.3) is 10.1 Å². The Morgan fingerprint density at radius 2 is 2.00 bits per heavy atom. The second kappa shape index (κ2) is 5.44. The minimum absolute atomic E-state index is 0.285. The van der Waals surface area contributed by atoms with Gasteiger partial charge in [0.1, 0.15) is 9.75 Å². The van der Waals surface area contributed by atoms with Crippen LogP contribution in [0, 0.1) is 0 Å². The molecule has 0 spiro atoms. The third-order valence-electron chi connectivity index (χ3n) is 2.71. The van der Waals surface area contributed by atoms with Crippen LogP contribution in [0.2, 0.25) is 5.02 Å². The minimum atomic E-state index is -0.576. The van der Waals surface area contributed by atoms with Gasteiger partial charge in [-0.1, -0.05) is 41.1 Å². The second-order valence-corrected chi connectivity index (χ2v) is 6.55. The highest BCUT2D eigenvalue weighted by Gasteiger charge is 2.18. The number of amides is 2. The number of thiophene rings is 1. The Balaban J connectivity index is 1.89. The van der Waals surface area contributed by atoms with Crippen molar-refractivity contribution < 1.29 is 9.59 Å². The number of anilines is 1. The van der Waals surface area contributed by atoms with Crippen LogP contribution in [-0.4, -0.2) is 16.8 Å². The van der Waals surface area contributed by atoms with Crippen molar-refractivity contribution in [1.82, 2.24) is 4.98 Å². The van der Waals surface area contributed by atoms with Crippen LogP contribution in [0.5, 0.6) is 0 Å². The fraction of sp³-hybridized carbons (Fsp3) is 0. The number of rotatable bonds is 3. The summed E-state index contributed by atoms with van der Waals surface area (Å²) in [7, 11) is 0. The van der Waals surface area contributed by atoms with E-state index < -0.39 is 5.91 Å². The van der Waals surface area contributed by atoms with Gasteiger partial charge in [0.25, 0.3) is 11.8 Å². The van der Waals surface area contributed by atoms with Crippen molar-refractivity contribution >= 4 is 61.3 Å². The Hall–Kier alpha value is -1.96. The standard InChI is InChI=1S/C13H8ClN3O2S2/c14-9-6-3-1-2-4-7(6)20-10(9)12(19)17-13-16-5-8(21-13)11(15)18/h1-5H,(H2,15,18)(H,16,17,19). The second-order valence-electron chi connectivity index (χ2n) is 4.09. The van der Waals surface area contributed by atoms with E-state index >= 15 is 0 Å². The van der Waals surface area contributed by atoms with Crippen molar-refractivity contribution in [2.45, 2.75) is 0 Å². The molecule has 3 rings (SSSR count). The van der Waals surface area contributed by atoms with Crippen LogP contribution in [0.3, 0.4) is 0 Å². The largest absolute Gasteiger partial charge is 0.365 e. The SMILES string of the molecule is NC(=O)c1cnc(NC(=O)c2sc3ccccc3c2Cl)s1. The summed E-state index contributed by atoms with van der Waals surface area (Å²) >= 11 is 8.56. The van der Waals surface area contributed by atoms with E-state index in [0.717, 1.165) is 21.4 Å². The van der Waals surface area contributed by atoms with Crippen LogP contribution in [0.15, 0.2) is 30.5 Å². The first-order valence-corrected chi connectivity index (χ1v) is 7.81. The summed E-state index contributed by atoms with van der Waals surface area (Å²) in [5, 5.41) is 4.19. The van der Waals surface area contributed by atoms with Gasteiger partial charge < -0.3 is 5.73 Å². The van der Waals surface area contributed by atoms with Gasteiger partial charge >= 0.3 is 0 Å². The van der Waals surface area contributed by atoms with Gasteiger partial charge in [0.2, 0.25) is 0 Å². The number of halogens is 1. The first-order chi connectivity index (χ1) is 10.1. The van der Waals surface area contributed by atoms with Gasteiger partial charge in [0.15, 0.2) is 5.13 Å². The van der Waals surface area contributed by atoms with Crippen LogP contribution in [0.4, 0.5) is 5.13 Å².